The van der Waals surface area contributed by atoms with Gasteiger partial charge in [0.2, 0.25) is 0 Å². The van der Waals surface area contributed by atoms with Crippen LogP contribution in [0.3, 0.4) is 0 Å². The van der Waals surface area contributed by atoms with Gasteiger partial charge in [-0.3, -0.25) is 0 Å². The quantitative estimate of drug-likeness (QED) is 0.283. The number of phenols is 1. The summed E-state index contributed by atoms with van der Waals surface area (Å²) in [6.07, 6.45) is 0. The van der Waals surface area contributed by atoms with Crippen molar-refractivity contribution in [3.05, 3.63) is 72.8 Å². The van der Waals surface area contributed by atoms with E-state index in [1.54, 1.807) is 0 Å². The Hall–Kier alpha value is -3.40. The van der Waals surface area contributed by atoms with E-state index in [4.69, 9.17) is 5.73 Å². The summed E-state index contributed by atoms with van der Waals surface area (Å²) in [5.74, 6) is 0.0416. The summed E-state index contributed by atoms with van der Waals surface area (Å²) >= 11 is 0. The second-order valence-electron chi connectivity index (χ2n) is 5.58. The molecule has 0 heterocycles. The van der Waals surface area contributed by atoms with Crippen molar-refractivity contribution in [3.63, 3.8) is 0 Å². The fourth-order valence-electron chi connectivity index (χ4n) is 2.82. The minimum Gasteiger partial charge on any atom is -0.505 e. The van der Waals surface area contributed by atoms with E-state index in [2.05, 4.69) is 10.2 Å². The summed E-state index contributed by atoms with van der Waals surface area (Å²) in [6, 6.07) is 23.2. The number of rotatable bonds is 2. The normalized spacial score (nSPS) is 11.5. The van der Waals surface area contributed by atoms with Crippen LogP contribution in [0.5, 0.6) is 5.75 Å². The summed E-state index contributed by atoms with van der Waals surface area (Å²) in [6.45, 7) is 0. The molecule has 0 atom stereocenters. The van der Waals surface area contributed by atoms with Gasteiger partial charge in [0.05, 0.1) is 5.69 Å². The predicted molar refractivity (Wildman–Crippen MR) is 98.1 cm³/mol. The molecule has 24 heavy (non-hydrogen) atoms. The van der Waals surface area contributed by atoms with E-state index in [1.165, 1.54) is 0 Å². The van der Waals surface area contributed by atoms with E-state index >= 15 is 0 Å². The van der Waals surface area contributed by atoms with Crippen molar-refractivity contribution in [1.29, 1.82) is 0 Å². The van der Waals surface area contributed by atoms with Gasteiger partial charge in [-0.25, -0.2) is 0 Å². The van der Waals surface area contributed by atoms with Crippen LogP contribution in [-0.4, -0.2) is 5.11 Å². The average molecular weight is 313 g/mol. The fraction of sp³-hybridized carbons (Fsp3) is 0. The molecule has 116 valence electrons. The van der Waals surface area contributed by atoms with E-state index < -0.39 is 0 Å². The lowest BCUT2D eigenvalue weighted by molar-refractivity contribution is 0.484. The van der Waals surface area contributed by atoms with Crippen LogP contribution in [0.4, 0.5) is 17.1 Å². The molecule has 0 amide bonds. The minimum atomic E-state index is 0.0416. The zero-order valence-electron chi connectivity index (χ0n) is 12.8. The molecule has 3 N–H and O–H groups in total. The van der Waals surface area contributed by atoms with Crippen LogP contribution in [0.1, 0.15) is 0 Å². The van der Waals surface area contributed by atoms with Gasteiger partial charge in [0.25, 0.3) is 0 Å². The van der Waals surface area contributed by atoms with Gasteiger partial charge in [-0.05, 0) is 22.9 Å². The molecule has 0 aromatic heterocycles. The molecule has 4 aromatic carbocycles. The van der Waals surface area contributed by atoms with Crippen LogP contribution in [0.2, 0.25) is 0 Å². The highest BCUT2D eigenvalue weighted by Crippen LogP contribution is 2.39. The van der Waals surface area contributed by atoms with Crippen molar-refractivity contribution < 1.29 is 5.11 Å². The highest BCUT2D eigenvalue weighted by molar-refractivity contribution is 5.97. The number of azo groups is 1. The summed E-state index contributed by atoms with van der Waals surface area (Å²) in [7, 11) is 0. The van der Waals surface area contributed by atoms with E-state index in [9.17, 15) is 5.11 Å². The van der Waals surface area contributed by atoms with Crippen molar-refractivity contribution in [2.45, 2.75) is 0 Å². The van der Waals surface area contributed by atoms with Gasteiger partial charge in [-0.15, -0.1) is 10.2 Å². The lowest BCUT2D eigenvalue weighted by Crippen LogP contribution is -1.87. The van der Waals surface area contributed by atoms with Gasteiger partial charge in [0.1, 0.15) is 17.1 Å². The Morgan fingerprint density at radius 3 is 2.12 bits per heavy atom. The molecule has 4 heteroatoms. The summed E-state index contributed by atoms with van der Waals surface area (Å²) in [5, 5.41) is 22.6. The Balaban J connectivity index is 1.84. The van der Waals surface area contributed by atoms with Gasteiger partial charge in [-0.2, -0.15) is 0 Å². The monoisotopic (exact) mass is 313 g/mol. The maximum atomic E-state index is 10.3. The number of anilines is 1. The molecule has 0 bridgehead atoms. The number of nitrogens with zero attached hydrogens (tertiary/aromatic N) is 2. The van der Waals surface area contributed by atoms with Gasteiger partial charge in [0.15, 0.2) is 0 Å². The number of fused-ring (bicyclic) bond motifs is 2. The van der Waals surface area contributed by atoms with Crippen LogP contribution in [0, 0.1) is 0 Å². The third kappa shape index (κ3) is 2.34. The first kappa shape index (κ1) is 14.2. The minimum absolute atomic E-state index is 0.0416. The van der Waals surface area contributed by atoms with Gasteiger partial charge >= 0.3 is 0 Å². The molecule has 4 nitrogen and oxygen atoms in total. The lowest BCUT2D eigenvalue weighted by atomic mass is 10.1. The molecule has 0 aliphatic heterocycles. The average Bonchev–Trinajstić information content (AvgIpc) is 2.63. The van der Waals surface area contributed by atoms with Gasteiger partial charge in [0, 0.05) is 10.8 Å². The van der Waals surface area contributed by atoms with Gasteiger partial charge < -0.3 is 10.8 Å². The first-order valence-corrected chi connectivity index (χ1v) is 7.64. The second-order valence-corrected chi connectivity index (χ2v) is 5.58. The number of nitrogen functional groups attached to an aromatic ring is 1. The second kappa shape index (κ2) is 5.66. The first-order chi connectivity index (χ1) is 11.7. The molecule has 0 fully saturated rings. The van der Waals surface area contributed by atoms with Crippen molar-refractivity contribution >= 4 is 38.6 Å². The van der Waals surface area contributed by atoms with Crippen LogP contribution in [-0.2, 0) is 0 Å². The van der Waals surface area contributed by atoms with Crippen LogP contribution >= 0.6 is 0 Å². The number of hydrogen-bond acceptors (Lipinski definition) is 4. The maximum Gasteiger partial charge on any atom is 0.148 e. The molecule has 0 saturated carbocycles. The molecule has 0 spiro atoms. The standard InChI is InChI=1S/C20H15N3O/c21-19-18(12-14-7-2-4-10-16(14)20(19)24)23-22-17-11-5-8-13-6-1-3-9-15(13)17/h1-12,24H,21H2. The van der Waals surface area contributed by atoms with E-state index in [0.717, 1.165) is 21.8 Å². The van der Waals surface area contributed by atoms with Crippen molar-refractivity contribution in [2.24, 2.45) is 10.2 Å². The Bertz CT molecular complexity index is 1080. The Morgan fingerprint density at radius 2 is 1.29 bits per heavy atom. The molecule has 0 radical (unpaired) electrons. The number of benzene rings is 4. The highest BCUT2D eigenvalue weighted by atomic mass is 16.3. The molecular formula is C20H15N3O. The molecule has 0 saturated heterocycles. The number of hydrogen-bond donors (Lipinski definition) is 2. The highest BCUT2D eigenvalue weighted by Gasteiger charge is 2.09. The zero-order valence-corrected chi connectivity index (χ0v) is 12.8. The topological polar surface area (TPSA) is 71.0 Å². The van der Waals surface area contributed by atoms with Crippen molar-refractivity contribution in [2.75, 3.05) is 5.73 Å². The van der Waals surface area contributed by atoms with E-state index in [-0.39, 0.29) is 11.4 Å². The third-order valence-corrected chi connectivity index (χ3v) is 4.07. The van der Waals surface area contributed by atoms with Crippen LogP contribution in [0.15, 0.2) is 83.0 Å². The van der Waals surface area contributed by atoms with Crippen molar-refractivity contribution in [3.8, 4) is 5.75 Å². The molecule has 4 rings (SSSR count). The summed E-state index contributed by atoms with van der Waals surface area (Å²) in [5.41, 5.74) is 7.48. The first-order valence-electron chi connectivity index (χ1n) is 7.64. The zero-order chi connectivity index (χ0) is 16.5. The summed E-state index contributed by atoms with van der Waals surface area (Å²) < 4.78 is 0. The third-order valence-electron chi connectivity index (χ3n) is 4.07. The van der Waals surface area contributed by atoms with Gasteiger partial charge in [-0.1, -0.05) is 60.7 Å². The maximum absolute atomic E-state index is 10.3. The Kier molecular flexibility index (Phi) is 3.35. The summed E-state index contributed by atoms with van der Waals surface area (Å²) in [4.78, 5) is 0. The fourth-order valence-corrected chi connectivity index (χ4v) is 2.82. The smallest absolute Gasteiger partial charge is 0.148 e. The lowest BCUT2D eigenvalue weighted by Gasteiger charge is -2.07. The number of nitrogens with two attached hydrogens (primary N) is 1. The Labute approximate surface area is 138 Å². The predicted octanol–water partition coefficient (Wildman–Crippen LogP) is 5.70. The van der Waals surface area contributed by atoms with Crippen LogP contribution in [0.25, 0.3) is 21.5 Å². The number of aromatic hydroxyl groups is 1. The molecule has 0 aliphatic carbocycles. The SMILES string of the molecule is Nc1c(N=Nc2cccc3ccccc23)cc2ccccc2c1O. The molecule has 0 aliphatic rings. The molecular weight excluding hydrogens is 298 g/mol. The molecule has 0 unspecified atom stereocenters. The Morgan fingerprint density at radius 1 is 0.667 bits per heavy atom. The van der Waals surface area contributed by atoms with E-state index in [1.807, 2.05) is 72.8 Å². The van der Waals surface area contributed by atoms with Crippen LogP contribution < -0.4 is 5.73 Å². The number of phenolic OH excluding ortho intramolecular Hbond substituents is 1. The van der Waals surface area contributed by atoms with E-state index in [0.29, 0.717) is 11.1 Å². The molecule has 4 aromatic rings. The van der Waals surface area contributed by atoms with Crippen molar-refractivity contribution in [1.82, 2.24) is 0 Å². The largest absolute Gasteiger partial charge is 0.505 e.